The minimum absolute atomic E-state index is 0.139. The summed E-state index contributed by atoms with van der Waals surface area (Å²) in [5.41, 5.74) is 0.388. The summed E-state index contributed by atoms with van der Waals surface area (Å²) in [5, 5.41) is 24.4. The first-order valence-corrected chi connectivity index (χ1v) is 10.5. The van der Waals surface area contributed by atoms with Gasteiger partial charge in [0, 0.05) is 40.7 Å². The highest BCUT2D eigenvalue weighted by Crippen LogP contribution is 2.24. The van der Waals surface area contributed by atoms with Gasteiger partial charge in [-0.2, -0.15) is 0 Å². The van der Waals surface area contributed by atoms with E-state index in [4.69, 9.17) is 0 Å². The Morgan fingerprint density at radius 2 is 1.56 bits per heavy atom. The van der Waals surface area contributed by atoms with Gasteiger partial charge in [0.2, 0.25) is 0 Å². The van der Waals surface area contributed by atoms with Crippen molar-refractivity contribution in [2.45, 2.75) is 11.8 Å². The second-order valence-electron chi connectivity index (χ2n) is 6.65. The number of hydrogen-bond donors (Lipinski definition) is 2. The molecule has 11 nitrogen and oxygen atoms in total. The van der Waals surface area contributed by atoms with Crippen molar-refractivity contribution in [3.63, 3.8) is 0 Å². The van der Waals surface area contributed by atoms with Gasteiger partial charge in [0.15, 0.2) is 0 Å². The van der Waals surface area contributed by atoms with Gasteiger partial charge in [-0.15, -0.1) is 0 Å². The fraction of sp³-hybridized carbons (Fsp3) is 0.0500. The zero-order valence-electron chi connectivity index (χ0n) is 16.5. The molecule has 164 valence electrons. The van der Waals surface area contributed by atoms with Crippen LogP contribution in [0.25, 0.3) is 0 Å². The Kier molecular flexibility index (Phi) is 6.16. The van der Waals surface area contributed by atoms with Crippen molar-refractivity contribution < 1.29 is 23.1 Å². The van der Waals surface area contributed by atoms with Gasteiger partial charge in [-0.3, -0.25) is 29.7 Å². The summed E-state index contributed by atoms with van der Waals surface area (Å²) in [6.45, 7) is 1.50. The number of amides is 1. The fourth-order valence-electron chi connectivity index (χ4n) is 2.76. The van der Waals surface area contributed by atoms with Gasteiger partial charge >= 0.3 is 0 Å². The van der Waals surface area contributed by atoms with Crippen LogP contribution in [0.1, 0.15) is 15.9 Å². The number of hydrogen-bond acceptors (Lipinski definition) is 7. The number of carbonyl (C=O) groups is 1. The van der Waals surface area contributed by atoms with Crippen LogP contribution in [-0.2, 0) is 10.0 Å². The molecule has 1 amide bonds. The number of carbonyl (C=O) groups excluding carboxylic acids is 1. The van der Waals surface area contributed by atoms with E-state index in [0.29, 0.717) is 5.56 Å². The number of aryl methyl sites for hydroxylation is 1. The van der Waals surface area contributed by atoms with Gasteiger partial charge in [0.1, 0.15) is 0 Å². The zero-order chi connectivity index (χ0) is 23.5. The zero-order valence-corrected chi connectivity index (χ0v) is 17.3. The number of nitrogens with one attached hydrogen (secondary N) is 2. The van der Waals surface area contributed by atoms with Crippen LogP contribution in [0.5, 0.6) is 0 Å². The summed E-state index contributed by atoms with van der Waals surface area (Å²) in [7, 11) is -4.10. The maximum absolute atomic E-state index is 12.6. The molecule has 0 heterocycles. The number of nitro groups is 2. The lowest BCUT2D eigenvalue weighted by Crippen LogP contribution is -2.14. The second-order valence-corrected chi connectivity index (χ2v) is 8.33. The molecule has 2 N–H and O–H groups in total. The molecule has 32 heavy (non-hydrogen) atoms. The quantitative estimate of drug-likeness (QED) is 0.403. The maximum Gasteiger partial charge on any atom is 0.273 e. The molecule has 0 spiro atoms. The molecule has 3 aromatic rings. The van der Waals surface area contributed by atoms with Crippen LogP contribution in [0, 0.1) is 27.2 Å². The van der Waals surface area contributed by atoms with Gasteiger partial charge in [-0.25, -0.2) is 8.42 Å². The van der Waals surface area contributed by atoms with Crippen molar-refractivity contribution in [3.05, 3.63) is 98.1 Å². The third-order valence-corrected chi connectivity index (χ3v) is 5.78. The van der Waals surface area contributed by atoms with Crippen LogP contribution in [0.2, 0.25) is 0 Å². The van der Waals surface area contributed by atoms with E-state index in [1.807, 2.05) is 0 Å². The first-order valence-electron chi connectivity index (χ1n) is 9.00. The summed E-state index contributed by atoms with van der Waals surface area (Å²) >= 11 is 0. The normalized spacial score (nSPS) is 10.9. The number of nitrogens with zero attached hydrogens (tertiary/aromatic N) is 2. The van der Waals surface area contributed by atoms with E-state index in [2.05, 4.69) is 10.0 Å². The van der Waals surface area contributed by atoms with E-state index < -0.39 is 25.8 Å². The van der Waals surface area contributed by atoms with Crippen LogP contribution in [0.3, 0.4) is 0 Å². The molecule has 0 saturated heterocycles. The predicted octanol–water partition coefficient (Wildman–Crippen LogP) is 3.86. The van der Waals surface area contributed by atoms with Crippen molar-refractivity contribution in [1.82, 2.24) is 0 Å². The molecule has 0 saturated carbocycles. The molecule has 12 heteroatoms. The van der Waals surface area contributed by atoms with Crippen molar-refractivity contribution in [1.29, 1.82) is 0 Å². The number of benzene rings is 3. The highest BCUT2D eigenvalue weighted by molar-refractivity contribution is 7.92. The van der Waals surface area contributed by atoms with E-state index >= 15 is 0 Å². The molecule has 3 rings (SSSR count). The lowest BCUT2D eigenvalue weighted by Gasteiger charge is -2.10. The maximum atomic E-state index is 12.6. The molecule has 0 aliphatic carbocycles. The predicted molar refractivity (Wildman–Crippen MR) is 116 cm³/mol. The highest BCUT2D eigenvalue weighted by Gasteiger charge is 2.20. The monoisotopic (exact) mass is 456 g/mol. The number of sulfonamides is 1. The van der Waals surface area contributed by atoms with Crippen LogP contribution >= 0.6 is 0 Å². The smallest absolute Gasteiger partial charge is 0.273 e. The number of anilines is 2. The molecule has 3 aromatic carbocycles. The van der Waals surface area contributed by atoms with Gasteiger partial charge in [-0.05, 0) is 43.3 Å². The molecule has 0 fully saturated rings. The van der Waals surface area contributed by atoms with Crippen LogP contribution in [-0.4, -0.2) is 24.2 Å². The SMILES string of the molecule is Cc1ccc(S(=O)(=O)Nc2ccc(C(=O)Nc3cccc([N+](=O)[O-])c3)cc2)cc1[N+](=O)[O-]. The molecule has 0 aromatic heterocycles. The van der Waals surface area contributed by atoms with Crippen molar-refractivity contribution in [2.75, 3.05) is 10.0 Å². The Morgan fingerprint density at radius 3 is 2.19 bits per heavy atom. The highest BCUT2D eigenvalue weighted by atomic mass is 32.2. The minimum Gasteiger partial charge on any atom is -0.322 e. The summed E-state index contributed by atoms with van der Waals surface area (Å²) in [6.07, 6.45) is 0. The Balaban J connectivity index is 1.75. The molecule has 0 unspecified atom stereocenters. The Bertz CT molecular complexity index is 1320. The van der Waals surface area contributed by atoms with Crippen LogP contribution in [0.15, 0.2) is 71.6 Å². The molecule has 0 radical (unpaired) electrons. The van der Waals surface area contributed by atoms with Crippen molar-refractivity contribution >= 4 is 38.7 Å². The molecule has 0 atom stereocenters. The first kappa shape index (κ1) is 22.4. The summed E-state index contributed by atoms with van der Waals surface area (Å²) < 4.78 is 27.4. The summed E-state index contributed by atoms with van der Waals surface area (Å²) in [5.74, 6) is -0.547. The van der Waals surface area contributed by atoms with Crippen LogP contribution < -0.4 is 10.0 Å². The number of rotatable bonds is 7. The van der Waals surface area contributed by atoms with Gasteiger partial charge < -0.3 is 5.32 Å². The first-order chi connectivity index (χ1) is 15.1. The van der Waals surface area contributed by atoms with Crippen LogP contribution in [0.4, 0.5) is 22.7 Å². The van der Waals surface area contributed by atoms with Gasteiger partial charge in [0.25, 0.3) is 27.3 Å². The number of nitro benzene ring substituents is 2. The Morgan fingerprint density at radius 1 is 0.875 bits per heavy atom. The van der Waals surface area contributed by atoms with E-state index in [1.54, 1.807) is 0 Å². The fourth-order valence-corrected chi connectivity index (χ4v) is 3.84. The summed E-state index contributed by atoms with van der Waals surface area (Å²) in [4.78, 5) is 32.7. The van der Waals surface area contributed by atoms with Crippen molar-refractivity contribution in [2.24, 2.45) is 0 Å². The van der Waals surface area contributed by atoms with Gasteiger partial charge in [-0.1, -0.05) is 12.1 Å². The average molecular weight is 456 g/mol. The Hall–Kier alpha value is -4.32. The standard InChI is InChI=1S/C20H16N4O7S/c1-13-5-10-18(12-19(13)24(28)29)32(30,31)22-15-8-6-14(7-9-15)20(25)21-16-3-2-4-17(11-16)23(26)27/h2-12,22H,1H3,(H,21,25). The van der Waals surface area contributed by atoms with E-state index in [0.717, 1.165) is 6.07 Å². The average Bonchev–Trinajstić information content (AvgIpc) is 2.74. The molecule has 0 aliphatic rings. The molecular formula is C20H16N4O7S. The van der Waals surface area contributed by atoms with E-state index in [1.165, 1.54) is 67.6 Å². The largest absolute Gasteiger partial charge is 0.322 e. The number of non-ortho nitro benzene ring substituents is 1. The lowest BCUT2D eigenvalue weighted by molar-refractivity contribution is -0.385. The van der Waals surface area contributed by atoms with E-state index in [-0.39, 0.29) is 33.2 Å². The second kappa shape index (κ2) is 8.81. The molecular weight excluding hydrogens is 440 g/mol. The topological polar surface area (TPSA) is 162 Å². The lowest BCUT2D eigenvalue weighted by atomic mass is 10.2. The third kappa shape index (κ3) is 5.05. The molecule has 0 bridgehead atoms. The van der Waals surface area contributed by atoms with Gasteiger partial charge in [0.05, 0.1) is 14.7 Å². The minimum atomic E-state index is -4.10. The van der Waals surface area contributed by atoms with Crippen molar-refractivity contribution in [3.8, 4) is 0 Å². The molecule has 0 aliphatic heterocycles. The summed E-state index contributed by atoms with van der Waals surface area (Å²) in [6, 6.07) is 14.4. The van der Waals surface area contributed by atoms with E-state index in [9.17, 15) is 33.4 Å². The third-order valence-electron chi connectivity index (χ3n) is 4.40. The Labute approximate surface area is 182 Å².